The molecule has 0 aromatic rings. The van der Waals surface area contributed by atoms with Crippen molar-refractivity contribution in [3.8, 4) is 0 Å². The third kappa shape index (κ3) is 2.98. The second-order valence-electron chi connectivity index (χ2n) is 7.32. The van der Waals surface area contributed by atoms with Gasteiger partial charge < -0.3 is 5.32 Å². The van der Waals surface area contributed by atoms with Gasteiger partial charge in [-0.05, 0) is 46.1 Å². The van der Waals surface area contributed by atoms with Gasteiger partial charge in [0.2, 0.25) is 0 Å². The Labute approximate surface area is 118 Å². The van der Waals surface area contributed by atoms with Crippen LogP contribution < -0.4 is 5.32 Å². The Hall–Kier alpha value is -0.120. The minimum atomic E-state index is 0.299. The molecule has 3 rings (SSSR count). The number of piperazine rings is 1. The van der Waals surface area contributed by atoms with Crippen molar-refractivity contribution in [1.82, 2.24) is 15.1 Å². The van der Waals surface area contributed by atoms with Gasteiger partial charge in [0.25, 0.3) is 0 Å². The molecule has 19 heavy (non-hydrogen) atoms. The summed E-state index contributed by atoms with van der Waals surface area (Å²) in [6.07, 6.45) is 8.56. The van der Waals surface area contributed by atoms with Crippen LogP contribution in [-0.2, 0) is 0 Å². The van der Waals surface area contributed by atoms with Gasteiger partial charge in [0.1, 0.15) is 0 Å². The lowest BCUT2D eigenvalue weighted by molar-refractivity contribution is 0.0256. The highest BCUT2D eigenvalue weighted by atomic mass is 15.3. The zero-order valence-corrected chi connectivity index (χ0v) is 12.8. The van der Waals surface area contributed by atoms with Crippen molar-refractivity contribution >= 4 is 0 Å². The zero-order valence-electron chi connectivity index (χ0n) is 12.8. The van der Waals surface area contributed by atoms with E-state index in [2.05, 4.69) is 29.0 Å². The first-order valence-electron chi connectivity index (χ1n) is 8.40. The van der Waals surface area contributed by atoms with Crippen LogP contribution in [0.5, 0.6) is 0 Å². The van der Waals surface area contributed by atoms with Gasteiger partial charge in [-0.1, -0.05) is 12.8 Å². The standard InChI is InChI=1S/C16H31N3/c1-16(2)15(8-5-9-17-16)19-12-10-18(11-13-19)14-6-3-4-7-14/h14-15,17H,3-13H2,1-2H3. The molecule has 2 heterocycles. The van der Waals surface area contributed by atoms with Crippen molar-refractivity contribution in [2.75, 3.05) is 32.7 Å². The number of nitrogens with one attached hydrogen (secondary N) is 1. The lowest BCUT2D eigenvalue weighted by atomic mass is 9.85. The lowest BCUT2D eigenvalue weighted by Crippen LogP contribution is -2.63. The van der Waals surface area contributed by atoms with Crippen molar-refractivity contribution in [3.05, 3.63) is 0 Å². The van der Waals surface area contributed by atoms with Gasteiger partial charge >= 0.3 is 0 Å². The Balaban J connectivity index is 1.54. The molecule has 1 atom stereocenters. The highest BCUT2D eigenvalue weighted by molar-refractivity contribution is 4.97. The van der Waals surface area contributed by atoms with Crippen molar-refractivity contribution in [2.24, 2.45) is 0 Å². The van der Waals surface area contributed by atoms with Crippen LogP contribution in [0.1, 0.15) is 52.4 Å². The molecule has 1 aliphatic carbocycles. The van der Waals surface area contributed by atoms with Crippen LogP contribution in [0.4, 0.5) is 0 Å². The number of piperidine rings is 1. The molecule has 1 unspecified atom stereocenters. The second-order valence-corrected chi connectivity index (χ2v) is 7.32. The summed E-state index contributed by atoms with van der Waals surface area (Å²) in [6, 6.07) is 1.66. The maximum Gasteiger partial charge on any atom is 0.0280 e. The molecule has 1 saturated carbocycles. The van der Waals surface area contributed by atoms with E-state index in [0.717, 1.165) is 12.1 Å². The van der Waals surface area contributed by atoms with Crippen LogP contribution in [0.15, 0.2) is 0 Å². The predicted octanol–water partition coefficient (Wildman–Crippen LogP) is 2.08. The molecule has 0 aromatic heterocycles. The fourth-order valence-corrected chi connectivity index (χ4v) is 4.51. The second kappa shape index (κ2) is 5.71. The number of nitrogens with zero attached hydrogens (tertiary/aromatic N) is 2. The van der Waals surface area contributed by atoms with Gasteiger partial charge in [-0.3, -0.25) is 9.80 Å². The summed E-state index contributed by atoms with van der Waals surface area (Å²) in [5.41, 5.74) is 0.299. The monoisotopic (exact) mass is 265 g/mol. The van der Waals surface area contributed by atoms with Crippen LogP contribution in [-0.4, -0.2) is 60.1 Å². The molecule has 2 aliphatic heterocycles. The van der Waals surface area contributed by atoms with E-state index in [4.69, 9.17) is 0 Å². The predicted molar refractivity (Wildman–Crippen MR) is 80.5 cm³/mol. The summed E-state index contributed by atoms with van der Waals surface area (Å²) >= 11 is 0. The largest absolute Gasteiger partial charge is 0.310 e. The topological polar surface area (TPSA) is 18.5 Å². The molecule has 0 aromatic carbocycles. The summed E-state index contributed by atoms with van der Waals surface area (Å²) in [5.74, 6) is 0. The lowest BCUT2D eigenvalue weighted by Gasteiger charge is -2.49. The Morgan fingerprint density at radius 1 is 0.842 bits per heavy atom. The Morgan fingerprint density at radius 2 is 1.47 bits per heavy atom. The Kier molecular flexibility index (Phi) is 4.16. The molecular weight excluding hydrogens is 234 g/mol. The molecule has 2 saturated heterocycles. The molecule has 3 nitrogen and oxygen atoms in total. The average molecular weight is 265 g/mol. The summed E-state index contributed by atoms with van der Waals surface area (Å²) in [4.78, 5) is 5.53. The third-order valence-electron chi connectivity index (χ3n) is 5.70. The smallest absolute Gasteiger partial charge is 0.0280 e. The molecule has 3 fully saturated rings. The number of hydrogen-bond donors (Lipinski definition) is 1. The average Bonchev–Trinajstić information content (AvgIpc) is 2.92. The van der Waals surface area contributed by atoms with Crippen molar-refractivity contribution in [2.45, 2.75) is 70.0 Å². The van der Waals surface area contributed by atoms with Crippen LogP contribution in [0.3, 0.4) is 0 Å². The zero-order chi connectivity index (χ0) is 13.3. The minimum absolute atomic E-state index is 0.299. The first-order chi connectivity index (χ1) is 9.17. The SMILES string of the molecule is CC1(C)NCCCC1N1CCN(C2CCCC2)CC1. The van der Waals surface area contributed by atoms with Gasteiger partial charge in [-0.2, -0.15) is 0 Å². The van der Waals surface area contributed by atoms with Crippen LogP contribution in [0, 0.1) is 0 Å². The third-order valence-corrected chi connectivity index (χ3v) is 5.70. The van der Waals surface area contributed by atoms with Gasteiger partial charge in [-0.25, -0.2) is 0 Å². The maximum absolute atomic E-state index is 3.72. The molecule has 3 aliphatic rings. The van der Waals surface area contributed by atoms with E-state index in [9.17, 15) is 0 Å². The van der Waals surface area contributed by atoms with E-state index >= 15 is 0 Å². The highest BCUT2D eigenvalue weighted by Crippen LogP contribution is 2.28. The quantitative estimate of drug-likeness (QED) is 0.825. The summed E-state index contributed by atoms with van der Waals surface area (Å²) in [7, 11) is 0. The van der Waals surface area contributed by atoms with E-state index in [1.807, 2.05) is 0 Å². The van der Waals surface area contributed by atoms with Gasteiger partial charge in [0.05, 0.1) is 0 Å². The fourth-order valence-electron chi connectivity index (χ4n) is 4.51. The fraction of sp³-hybridized carbons (Fsp3) is 1.00. The van der Waals surface area contributed by atoms with E-state index < -0.39 is 0 Å². The minimum Gasteiger partial charge on any atom is -0.310 e. The highest BCUT2D eigenvalue weighted by Gasteiger charge is 2.37. The summed E-state index contributed by atoms with van der Waals surface area (Å²) in [6.45, 7) is 11.2. The molecule has 1 N–H and O–H groups in total. The van der Waals surface area contributed by atoms with Crippen molar-refractivity contribution in [3.63, 3.8) is 0 Å². The summed E-state index contributed by atoms with van der Waals surface area (Å²) < 4.78 is 0. The first-order valence-corrected chi connectivity index (χ1v) is 8.40. The van der Waals surface area contributed by atoms with Crippen LogP contribution in [0.25, 0.3) is 0 Å². The van der Waals surface area contributed by atoms with Crippen LogP contribution >= 0.6 is 0 Å². The molecule has 110 valence electrons. The van der Waals surface area contributed by atoms with Gasteiger partial charge in [-0.15, -0.1) is 0 Å². The van der Waals surface area contributed by atoms with E-state index in [1.54, 1.807) is 0 Å². The van der Waals surface area contributed by atoms with Crippen molar-refractivity contribution < 1.29 is 0 Å². The molecule has 0 amide bonds. The molecule has 0 radical (unpaired) electrons. The van der Waals surface area contributed by atoms with Crippen molar-refractivity contribution in [1.29, 1.82) is 0 Å². The Morgan fingerprint density at radius 3 is 2.11 bits per heavy atom. The van der Waals surface area contributed by atoms with E-state index in [-0.39, 0.29) is 0 Å². The van der Waals surface area contributed by atoms with Gasteiger partial charge in [0.15, 0.2) is 0 Å². The van der Waals surface area contributed by atoms with Crippen LogP contribution in [0.2, 0.25) is 0 Å². The number of rotatable bonds is 2. The Bertz CT molecular complexity index is 288. The molecular formula is C16H31N3. The molecule has 0 bridgehead atoms. The molecule has 0 spiro atoms. The normalized spacial score (nSPS) is 34.7. The first kappa shape index (κ1) is 13.8. The van der Waals surface area contributed by atoms with E-state index in [1.165, 1.54) is 71.2 Å². The van der Waals surface area contributed by atoms with Gasteiger partial charge in [0, 0.05) is 43.8 Å². The number of hydrogen-bond acceptors (Lipinski definition) is 3. The molecule has 3 heteroatoms. The maximum atomic E-state index is 3.72. The summed E-state index contributed by atoms with van der Waals surface area (Å²) in [5, 5.41) is 3.72. The van der Waals surface area contributed by atoms with E-state index in [0.29, 0.717) is 5.54 Å².